The summed E-state index contributed by atoms with van der Waals surface area (Å²) in [6, 6.07) is 1.73. The van der Waals surface area contributed by atoms with Crippen molar-refractivity contribution in [3.8, 4) is 0 Å². The molecule has 1 rings (SSSR count). The highest BCUT2D eigenvalue weighted by atomic mass is 19.3. The predicted octanol–water partition coefficient (Wildman–Crippen LogP) is 2.11. The minimum Gasteiger partial charge on any atom is -0.469 e. The second kappa shape index (κ2) is 3.46. The van der Waals surface area contributed by atoms with E-state index in [1.807, 2.05) is 0 Å². The van der Waals surface area contributed by atoms with Crippen molar-refractivity contribution in [3.63, 3.8) is 0 Å². The molecule has 0 radical (unpaired) electrons. The molecular weight excluding hydrogens is 176 g/mol. The van der Waals surface area contributed by atoms with Crippen molar-refractivity contribution in [2.75, 3.05) is 0 Å². The lowest BCUT2D eigenvalue weighted by atomic mass is 9.97. The maximum Gasteiger partial charge on any atom is 0.256 e. The first kappa shape index (κ1) is 10.2. The second-order valence-corrected chi connectivity index (χ2v) is 3.51. The molecule has 1 aromatic heterocycles. The van der Waals surface area contributed by atoms with E-state index in [2.05, 4.69) is 0 Å². The number of rotatable bonds is 3. The van der Waals surface area contributed by atoms with Crippen molar-refractivity contribution in [3.05, 3.63) is 23.7 Å². The van der Waals surface area contributed by atoms with Crippen molar-refractivity contribution in [1.29, 1.82) is 0 Å². The highest BCUT2D eigenvalue weighted by molar-refractivity contribution is 5.17. The molecule has 0 fully saturated rings. The monoisotopic (exact) mass is 189 g/mol. The van der Waals surface area contributed by atoms with Gasteiger partial charge in [-0.1, -0.05) is 0 Å². The van der Waals surface area contributed by atoms with Crippen LogP contribution in [0.3, 0.4) is 0 Å². The van der Waals surface area contributed by atoms with E-state index in [-0.39, 0.29) is 6.42 Å². The van der Waals surface area contributed by atoms with E-state index in [0.717, 1.165) is 5.56 Å². The molecule has 0 saturated carbocycles. The molecule has 0 aliphatic carbocycles. The van der Waals surface area contributed by atoms with E-state index in [0.29, 0.717) is 5.76 Å². The third kappa shape index (κ3) is 2.28. The molecule has 0 amide bonds. The number of alkyl halides is 2. The summed E-state index contributed by atoms with van der Waals surface area (Å²) < 4.78 is 29.8. The first-order valence-electron chi connectivity index (χ1n) is 4.03. The summed E-state index contributed by atoms with van der Waals surface area (Å²) in [5.41, 5.74) is 4.76. The zero-order valence-corrected chi connectivity index (χ0v) is 7.68. The quantitative estimate of drug-likeness (QED) is 0.790. The summed E-state index contributed by atoms with van der Waals surface area (Å²) in [5.74, 6) is 0.533. The summed E-state index contributed by atoms with van der Waals surface area (Å²) in [6.07, 6.45) is -1.01. The molecule has 0 aliphatic rings. The highest BCUT2D eigenvalue weighted by Crippen LogP contribution is 2.20. The zero-order chi connectivity index (χ0) is 10.1. The van der Waals surface area contributed by atoms with Crippen LogP contribution in [0.5, 0.6) is 0 Å². The molecule has 74 valence electrons. The fourth-order valence-corrected chi connectivity index (χ4v) is 1.01. The molecule has 0 spiro atoms. The molecule has 1 unspecified atom stereocenters. The molecule has 0 aromatic carbocycles. The Morgan fingerprint density at radius 3 is 2.62 bits per heavy atom. The van der Waals surface area contributed by atoms with Crippen LogP contribution in [0.4, 0.5) is 8.78 Å². The minimum absolute atomic E-state index is 0.0590. The maximum absolute atomic E-state index is 12.4. The normalized spacial score (nSPS) is 16.2. The van der Waals surface area contributed by atoms with Gasteiger partial charge >= 0.3 is 0 Å². The van der Waals surface area contributed by atoms with Crippen LogP contribution in [-0.2, 0) is 6.42 Å². The molecular formula is C9H13F2NO. The van der Waals surface area contributed by atoms with E-state index in [1.54, 1.807) is 13.0 Å². The summed E-state index contributed by atoms with van der Waals surface area (Å²) in [4.78, 5) is 0. The number of hydrogen-bond acceptors (Lipinski definition) is 2. The molecule has 0 bridgehead atoms. The van der Waals surface area contributed by atoms with Crippen LogP contribution >= 0.6 is 0 Å². The lowest BCUT2D eigenvalue weighted by molar-refractivity contribution is 0.0609. The van der Waals surface area contributed by atoms with E-state index < -0.39 is 12.0 Å². The van der Waals surface area contributed by atoms with Crippen LogP contribution in [0.2, 0.25) is 0 Å². The molecule has 2 nitrogen and oxygen atoms in total. The fraction of sp³-hybridized carbons (Fsp3) is 0.556. The lowest BCUT2D eigenvalue weighted by Gasteiger charge is -2.22. The van der Waals surface area contributed by atoms with Gasteiger partial charge in [0.25, 0.3) is 6.43 Å². The zero-order valence-electron chi connectivity index (χ0n) is 7.68. The SMILES string of the molecule is Cc1ccoc1CC(C)(N)C(F)F. The van der Waals surface area contributed by atoms with Gasteiger partial charge in [0.1, 0.15) is 5.76 Å². The van der Waals surface area contributed by atoms with Gasteiger partial charge in [0.15, 0.2) is 0 Å². The van der Waals surface area contributed by atoms with Crippen molar-refractivity contribution in [2.45, 2.75) is 32.2 Å². The molecule has 4 heteroatoms. The average Bonchev–Trinajstić information content (AvgIpc) is 2.35. The number of halogens is 2. The highest BCUT2D eigenvalue weighted by Gasteiger charge is 2.31. The number of hydrogen-bond donors (Lipinski definition) is 1. The molecule has 2 N–H and O–H groups in total. The van der Waals surface area contributed by atoms with Crippen molar-refractivity contribution >= 4 is 0 Å². The van der Waals surface area contributed by atoms with Gasteiger partial charge in [0, 0.05) is 6.42 Å². The molecule has 13 heavy (non-hydrogen) atoms. The van der Waals surface area contributed by atoms with Gasteiger partial charge in [-0.2, -0.15) is 0 Å². The summed E-state index contributed by atoms with van der Waals surface area (Å²) in [5, 5.41) is 0. The molecule has 1 atom stereocenters. The third-order valence-electron chi connectivity index (χ3n) is 2.01. The van der Waals surface area contributed by atoms with E-state index in [1.165, 1.54) is 13.2 Å². The van der Waals surface area contributed by atoms with Gasteiger partial charge in [-0.05, 0) is 25.5 Å². The summed E-state index contributed by atoms with van der Waals surface area (Å²) in [6.45, 7) is 3.13. The van der Waals surface area contributed by atoms with Crippen LogP contribution in [0.25, 0.3) is 0 Å². The van der Waals surface area contributed by atoms with Gasteiger partial charge in [-0.25, -0.2) is 8.78 Å². The van der Waals surface area contributed by atoms with Crippen molar-refractivity contribution < 1.29 is 13.2 Å². The second-order valence-electron chi connectivity index (χ2n) is 3.51. The van der Waals surface area contributed by atoms with E-state index in [4.69, 9.17) is 10.2 Å². The third-order valence-corrected chi connectivity index (χ3v) is 2.01. The first-order valence-corrected chi connectivity index (χ1v) is 4.03. The van der Waals surface area contributed by atoms with Crippen molar-refractivity contribution in [2.24, 2.45) is 5.73 Å². The Hall–Kier alpha value is -0.900. The van der Waals surface area contributed by atoms with E-state index in [9.17, 15) is 8.78 Å². The Morgan fingerprint density at radius 1 is 1.62 bits per heavy atom. The molecule has 1 aromatic rings. The smallest absolute Gasteiger partial charge is 0.256 e. The van der Waals surface area contributed by atoms with Crippen LogP contribution < -0.4 is 5.73 Å². The Labute approximate surface area is 75.7 Å². The molecule has 1 heterocycles. The van der Waals surface area contributed by atoms with Gasteiger partial charge in [-0.15, -0.1) is 0 Å². The van der Waals surface area contributed by atoms with Crippen LogP contribution in [0, 0.1) is 6.92 Å². The molecule has 0 aliphatic heterocycles. The Balaban J connectivity index is 2.74. The maximum atomic E-state index is 12.4. The fourth-order valence-electron chi connectivity index (χ4n) is 1.01. The molecule has 0 saturated heterocycles. The number of nitrogens with two attached hydrogens (primary N) is 1. The average molecular weight is 189 g/mol. The lowest BCUT2D eigenvalue weighted by Crippen LogP contribution is -2.45. The van der Waals surface area contributed by atoms with Gasteiger partial charge in [0.2, 0.25) is 0 Å². The van der Waals surface area contributed by atoms with Crippen LogP contribution in [0.15, 0.2) is 16.7 Å². The van der Waals surface area contributed by atoms with Crippen LogP contribution in [0.1, 0.15) is 18.2 Å². The topological polar surface area (TPSA) is 39.2 Å². The largest absolute Gasteiger partial charge is 0.469 e. The number of furan rings is 1. The van der Waals surface area contributed by atoms with Gasteiger partial charge < -0.3 is 10.2 Å². The van der Waals surface area contributed by atoms with Crippen LogP contribution in [-0.4, -0.2) is 12.0 Å². The standard InChI is InChI=1S/C9H13F2NO/c1-6-3-4-13-7(6)5-9(2,12)8(10)11/h3-4,8H,5,12H2,1-2H3. The minimum atomic E-state index is -2.54. The predicted molar refractivity (Wildman–Crippen MR) is 45.7 cm³/mol. The Morgan fingerprint density at radius 2 is 2.23 bits per heavy atom. The Bertz CT molecular complexity index is 281. The number of aryl methyl sites for hydroxylation is 1. The van der Waals surface area contributed by atoms with Crippen molar-refractivity contribution in [1.82, 2.24) is 0 Å². The summed E-state index contributed by atoms with van der Waals surface area (Å²) >= 11 is 0. The van der Waals surface area contributed by atoms with Gasteiger partial charge in [-0.3, -0.25) is 0 Å². The Kier molecular flexibility index (Phi) is 2.71. The van der Waals surface area contributed by atoms with E-state index >= 15 is 0 Å². The first-order chi connectivity index (χ1) is 5.93. The van der Waals surface area contributed by atoms with Gasteiger partial charge in [0.05, 0.1) is 11.8 Å². The summed E-state index contributed by atoms with van der Waals surface area (Å²) in [7, 11) is 0.